The minimum Gasteiger partial charge on any atom is -0.314 e. The first-order valence-corrected chi connectivity index (χ1v) is 12.1. The van der Waals surface area contributed by atoms with Crippen molar-refractivity contribution in [2.45, 2.75) is 106 Å². The van der Waals surface area contributed by atoms with Crippen LogP contribution in [0.1, 0.15) is 76.2 Å². The van der Waals surface area contributed by atoms with Crippen LogP contribution in [0, 0.1) is 0 Å². The van der Waals surface area contributed by atoms with Gasteiger partial charge in [-0.1, -0.05) is 0 Å². The van der Waals surface area contributed by atoms with Gasteiger partial charge in [0.1, 0.15) is 0 Å². The molecule has 0 aliphatic rings. The van der Waals surface area contributed by atoms with Crippen LogP contribution in [0.3, 0.4) is 0 Å². The van der Waals surface area contributed by atoms with Gasteiger partial charge in [0.15, 0.2) is 0 Å². The molecule has 0 aromatic heterocycles. The topological polar surface area (TPSA) is 33.8 Å². The highest BCUT2D eigenvalue weighted by atomic mass is 15.2. The maximum atomic E-state index is 3.61. The van der Waals surface area contributed by atoms with Crippen LogP contribution in [0.5, 0.6) is 0 Å². The number of rotatable bonds is 16. The quantitative estimate of drug-likeness (QED) is 0.379. The van der Waals surface area contributed by atoms with Crippen molar-refractivity contribution in [1.29, 1.82) is 0 Å². The van der Waals surface area contributed by atoms with Crippen LogP contribution in [-0.2, 0) is 0 Å². The second-order valence-corrected chi connectivity index (χ2v) is 10.5. The Morgan fingerprint density at radius 2 is 1.03 bits per heavy atom. The molecular weight excluding hydrogens is 358 g/mol. The van der Waals surface area contributed by atoms with Gasteiger partial charge in [0.05, 0.1) is 0 Å². The Kier molecular flexibility index (Phi) is 14.6. The van der Waals surface area contributed by atoms with E-state index >= 15 is 0 Å². The summed E-state index contributed by atoms with van der Waals surface area (Å²) in [6.07, 6.45) is 0. The zero-order valence-electron chi connectivity index (χ0n) is 21.8. The lowest BCUT2D eigenvalue weighted by molar-refractivity contribution is 0.100. The summed E-state index contributed by atoms with van der Waals surface area (Å²) in [4.78, 5) is 7.75. The Bertz CT molecular complexity index is 379. The highest BCUT2D eigenvalue weighted by Gasteiger charge is 2.23. The van der Waals surface area contributed by atoms with Crippen molar-refractivity contribution in [3.63, 3.8) is 0 Å². The van der Waals surface area contributed by atoms with Gasteiger partial charge in [0, 0.05) is 82.1 Å². The predicted molar refractivity (Wildman–Crippen MR) is 131 cm³/mol. The molecule has 0 unspecified atom stereocenters. The Morgan fingerprint density at radius 1 is 0.552 bits per heavy atom. The van der Waals surface area contributed by atoms with E-state index in [0.29, 0.717) is 24.2 Å². The largest absolute Gasteiger partial charge is 0.314 e. The smallest absolute Gasteiger partial charge is 0.0128 e. The van der Waals surface area contributed by atoms with Gasteiger partial charge >= 0.3 is 0 Å². The van der Waals surface area contributed by atoms with Crippen LogP contribution in [0.2, 0.25) is 0 Å². The Morgan fingerprint density at radius 3 is 1.41 bits per heavy atom. The first kappa shape index (κ1) is 28.8. The maximum absolute atomic E-state index is 3.61. The standard InChI is InChI=1S/C24H55N5/c1-20(2)27(18-19-28(21(3)4)22(5)6)16-14-25-12-13-26-15-17-29(23(7)8)24(9,10)11/h20-23,25-26H,12-19H2,1-11H3. The lowest BCUT2D eigenvalue weighted by Crippen LogP contribution is -2.49. The zero-order chi connectivity index (χ0) is 22.6. The van der Waals surface area contributed by atoms with Crippen LogP contribution in [0.25, 0.3) is 0 Å². The molecule has 0 saturated carbocycles. The van der Waals surface area contributed by atoms with Gasteiger partial charge in [-0.3, -0.25) is 14.7 Å². The van der Waals surface area contributed by atoms with Crippen LogP contribution in [-0.4, -0.2) is 96.8 Å². The van der Waals surface area contributed by atoms with Crippen molar-refractivity contribution in [2.24, 2.45) is 0 Å². The third-order valence-electron chi connectivity index (χ3n) is 5.77. The fourth-order valence-corrected chi connectivity index (χ4v) is 4.20. The van der Waals surface area contributed by atoms with Crippen molar-refractivity contribution >= 4 is 0 Å². The van der Waals surface area contributed by atoms with Crippen molar-refractivity contribution in [3.05, 3.63) is 0 Å². The van der Waals surface area contributed by atoms with Crippen molar-refractivity contribution in [3.8, 4) is 0 Å². The number of hydrogen-bond donors (Lipinski definition) is 2. The number of hydrogen-bond acceptors (Lipinski definition) is 5. The summed E-state index contributed by atoms with van der Waals surface area (Å²) in [6.45, 7) is 34.0. The molecular formula is C24H55N5. The molecule has 5 heteroatoms. The van der Waals surface area contributed by atoms with Gasteiger partial charge in [-0.15, -0.1) is 0 Å². The minimum absolute atomic E-state index is 0.231. The van der Waals surface area contributed by atoms with E-state index in [-0.39, 0.29) is 5.54 Å². The third kappa shape index (κ3) is 13.0. The average Bonchev–Trinajstić information content (AvgIpc) is 2.56. The number of nitrogens with one attached hydrogen (secondary N) is 2. The molecule has 0 aliphatic carbocycles. The molecule has 0 radical (unpaired) electrons. The fourth-order valence-electron chi connectivity index (χ4n) is 4.20. The first-order chi connectivity index (χ1) is 13.4. The van der Waals surface area contributed by atoms with E-state index in [1.54, 1.807) is 0 Å². The van der Waals surface area contributed by atoms with Crippen LogP contribution >= 0.6 is 0 Å². The lowest BCUT2D eigenvalue weighted by Gasteiger charge is -2.39. The minimum atomic E-state index is 0.231. The maximum Gasteiger partial charge on any atom is 0.0128 e. The van der Waals surface area contributed by atoms with Gasteiger partial charge in [-0.25, -0.2) is 0 Å². The molecule has 0 aliphatic heterocycles. The first-order valence-electron chi connectivity index (χ1n) is 12.1. The Balaban J connectivity index is 4.03. The molecule has 0 fully saturated rings. The number of nitrogens with zero attached hydrogens (tertiary/aromatic N) is 3. The van der Waals surface area contributed by atoms with Gasteiger partial charge in [0.2, 0.25) is 0 Å². The summed E-state index contributed by atoms with van der Waals surface area (Å²) in [5.41, 5.74) is 0.231. The van der Waals surface area contributed by atoms with E-state index in [4.69, 9.17) is 0 Å². The van der Waals surface area contributed by atoms with Crippen molar-refractivity contribution in [1.82, 2.24) is 25.3 Å². The molecule has 2 N–H and O–H groups in total. The highest BCUT2D eigenvalue weighted by Crippen LogP contribution is 2.15. The SMILES string of the molecule is CC(C)N(CCNCCNCCN(C(C)C)C(C)(C)C)CCN(C(C)C)C(C)C. The van der Waals surface area contributed by atoms with Crippen LogP contribution in [0.15, 0.2) is 0 Å². The summed E-state index contributed by atoms with van der Waals surface area (Å²) in [5, 5.41) is 7.21. The lowest BCUT2D eigenvalue weighted by atomic mass is 10.0. The van der Waals surface area contributed by atoms with E-state index in [2.05, 4.69) is 101 Å². The molecule has 0 atom stereocenters. The van der Waals surface area contributed by atoms with E-state index < -0.39 is 0 Å². The molecule has 0 bridgehead atoms. The molecule has 5 nitrogen and oxygen atoms in total. The predicted octanol–water partition coefficient (Wildman–Crippen LogP) is 3.50. The van der Waals surface area contributed by atoms with Crippen molar-refractivity contribution in [2.75, 3.05) is 52.4 Å². The van der Waals surface area contributed by atoms with E-state index in [1.807, 2.05) is 0 Å². The molecule has 0 saturated heterocycles. The van der Waals surface area contributed by atoms with E-state index in [9.17, 15) is 0 Å². The second kappa shape index (κ2) is 14.7. The molecule has 0 amide bonds. The fraction of sp³-hybridized carbons (Fsp3) is 1.00. The summed E-state index contributed by atoms with van der Waals surface area (Å²) < 4.78 is 0. The Labute approximate surface area is 184 Å². The zero-order valence-corrected chi connectivity index (χ0v) is 21.8. The monoisotopic (exact) mass is 413 g/mol. The average molecular weight is 414 g/mol. The molecule has 0 spiro atoms. The van der Waals surface area contributed by atoms with Crippen molar-refractivity contribution < 1.29 is 0 Å². The summed E-state index contributed by atoms with van der Waals surface area (Å²) in [5.74, 6) is 0. The molecule has 0 heterocycles. The Hall–Kier alpha value is -0.200. The third-order valence-corrected chi connectivity index (χ3v) is 5.77. The van der Waals surface area contributed by atoms with E-state index in [0.717, 1.165) is 52.4 Å². The molecule has 29 heavy (non-hydrogen) atoms. The second-order valence-electron chi connectivity index (χ2n) is 10.5. The van der Waals surface area contributed by atoms with Gasteiger partial charge in [-0.05, 0) is 76.2 Å². The van der Waals surface area contributed by atoms with Gasteiger partial charge in [-0.2, -0.15) is 0 Å². The summed E-state index contributed by atoms with van der Waals surface area (Å²) in [7, 11) is 0. The molecule has 0 aromatic carbocycles. The normalized spacial score (nSPS) is 13.4. The summed E-state index contributed by atoms with van der Waals surface area (Å²) >= 11 is 0. The molecule has 0 rings (SSSR count). The summed E-state index contributed by atoms with van der Waals surface area (Å²) in [6, 6.07) is 2.39. The van der Waals surface area contributed by atoms with Crippen LogP contribution < -0.4 is 10.6 Å². The van der Waals surface area contributed by atoms with Crippen LogP contribution in [0.4, 0.5) is 0 Å². The van der Waals surface area contributed by atoms with E-state index in [1.165, 1.54) is 0 Å². The van der Waals surface area contributed by atoms with Gasteiger partial charge < -0.3 is 10.6 Å². The van der Waals surface area contributed by atoms with Gasteiger partial charge in [0.25, 0.3) is 0 Å². The highest BCUT2D eigenvalue weighted by molar-refractivity contribution is 4.79. The molecule has 0 aromatic rings. The molecule has 176 valence electrons.